The monoisotopic (exact) mass is 298 g/mol. The van der Waals surface area contributed by atoms with Crippen LogP contribution in [0, 0.1) is 11.3 Å². The Labute approximate surface area is 126 Å². The van der Waals surface area contributed by atoms with Crippen molar-refractivity contribution in [2.24, 2.45) is 7.05 Å². The summed E-state index contributed by atoms with van der Waals surface area (Å²) in [4.78, 5) is 4.36. The maximum absolute atomic E-state index is 8.91. The van der Waals surface area contributed by atoms with Crippen LogP contribution >= 0.6 is 11.6 Å². The molecule has 0 aliphatic carbocycles. The first-order chi connectivity index (χ1) is 10.2. The Hall–Kier alpha value is -2.58. The summed E-state index contributed by atoms with van der Waals surface area (Å²) < 4.78 is 7.05. The fourth-order valence-electron chi connectivity index (χ4n) is 2.10. The molecular weight excluding hydrogens is 288 g/mol. The highest BCUT2D eigenvalue weighted by Gasteiger charge is 2.13. The second-order valence-electron chi connectivity index (χ2n) is 4.66. The van der Waals surface area contributed by atoms with E-state index in [1.165, 1.54) is 0 Å². The van der Waals surface area contributed by atoms with Crippen LogP contribution in [-0.4, -0.2) is 14.7 Å². The molecule has 3 aromatic rings. The molecule has 0 bridgehead atoms. The van der Waals surface area contributed by atoms with Crippen molar-refractivity contribution < 1.29 is 4.52 Å². The van der Waals surface area contributed by atoms with Gasteiger partial charge in [-0.2, -0.15) is 10.2 Å². The predicted octanol–water partition coefficient (Wildman–Crippen LogP) is 3.19. The molecule has 0 spiro atoms. The molecule has 1 aromatic carbocycles. The molecule has 0 unspecified atom stereocenters. The van der Waals surface area contributed by atoms with Gasteiger partial charge in [0, 0.05) is 24.7 Å². The van der Waals surface area contributed by atoms with Crippen molar-refractivity contribution >= 4 is 11.6 Å². The number of hydrogen-bond acceptors (Lipinski definition) is 4. The van der Waals surface area contributed by atoms with Crippen LogP contribution in [0.15, 0.2) is 41.1 Å². The van der Waals surface area contributed by atoms with E-state index >= 15 is 0 Å². The van der Waals surface area contributed by atoms with E-state index in [0.717, 1.165) is 11.3 Å². The lowest BCUT2D eigenvalue weighted by molar-refractivity contribution is 0.421. The molecule has 6 heteroatoms. The molecule has 2 heterocycles. The molecule has 104 valence electrons. The van der Waals surface area contributed by atoms with Crippen LogP contribution in [0.2, 0.25) is 5.02 Å². The Morgan fingerprint density at radius 2 is 2.24 bits per heavy atom. The zero-order chi connectivity index (χ0) is 14.8. The van der Waals surface area contributed by atoms with Crippen molar-refractivity contribution in [1.29, 1.82) is 5.26 Å². The molecule has 0 N–H and O–H groups in total. The van der Waals surface area contributed by atoms with E-state index in [9.17, 15) is 0 Å². The second-order valence-corrected chi connectivity index (χ2v) is 5.10. The lowest BCUT2D eigenvalue weighted by Gasteiger charge is -1.97. The van der Waals surface area contributed by atoms with Crippen LogP contribution in [0.4, 0.5) is 0 Å². The Morgan fingerprint density at radius 3 is 2.95 bits per heavy atom. The second kappa shape index (κ2) is 5.43. The fraction of sp³-hybridized carbons (Fsp3) is 0.133. The van der Waals surface area contributed by atoms with Gasteiger partial charge in [-0.15, -0.1) is 0 Å². The third kappa shape index (κ3) is 2.81. The number of benzene rings is 1. The van der Waals surface area contributed by atoms with Gasteiger partial charge < -0.3 is 9.09 Å². The molecule has 0 aliphatic heterocycles. The fourth-order valence-corrected chi connectivity index (χ4v) is 2.31. The third-order valence-electron chi connectivity index (χ3n) is 3.07. The number of nitriles is 1. The lowest BCUT2D eigenvalue weighted by atomic mass is 10.1. The molecule has 0 saturated heterocycles. The minimum atomic E-state index is 0.399. The molecule has 0 aliphatic rings. The largest absolute Gasteiger partial charge is 0.345 e. The van der Waals surface area contributed by atoms with Crippen LogP contribution in [0.1, 0.15) is 17.0 Å². The summed E-state index contributed by atoms with van der Waals surface area (Å²) >= 11 is 5.95. The molecule has 0 saturated carbocycles. The van der Waals surface area contributed by atoms with E-state index < -0.39 is 0 Å². The first-order valence-electron chi connectivity index (χ1n) is 6.29. The Kier molecular flexibility index (Phi) is 3.46. The lowest BCUT2D eigenvalue weighted by Crippen LogP contribution is -1.92. The molecule has 3 rings (SSSR count). The van der Waals surface area contributed by atoms with E-state index in [1.54, 1.807) is 16.8 Å². The Balaban J connectivity index is 1.86. The minimum absolute atomic E-state index is 0.399. The molecular formula is C15H11ClN4O. The van der Waals surface area contributed by atoms with Gasteiger partial charge in [0.15, 0.2) is 5.82 Å². The quantitative estimate of drug-likeness (QED) is 0.744. The third-order valence-corrected chi connectivity index (χ3v) is 3.31. The van der Waals surface area contributed by atoms with Crippen molar-refractivity contribution in [3.05, 3.63) is 58.5 Å². The number of hydrogen-bond donors (Lipinski definition) is 0. The van der Waals surface area contributed by atoms with Crippen LogP contribution in [0.3, 0.4) is 0 Å². The van der Waals surface area contributed by atoms with Crippen LogP contribution in [-0.2, 0) is 13.5 Å². The van der Waals surface area contributed by atoms with Crippen molar-refractivity contribution in [3.8, 4) is 17.7 Å². The van der Waals surface area contributed by atoms with Gasteiger partial charge in [0.25, 0.3) is 5.89 Å². The van der Waals surface area contributed by atoms with Gasteiger partial charge in [-0.1, -0.05) is 28.9 Å². The zero-order valence-corrected chi connectivity index (χ0v) is 12.0. The molecule has 2 aromatic heterocycles. The van der Waals surface area contributed by atoms with Gasteiger partial charge in [0.2, 0.25) is 0 Å². The van der Waals surface area contributed by atoms with Gasteiger partial charge in [-0.25, -0.2) is 0 Å². The first-order valence-corrected chi connectivity index (χ1v) is 6.67. The van der Waals surface area contributed by atoms with Gasteiger partial charge in [-0.05, 0) is 23.8 Å². The zero-order valence-electron chi connectivity index (χ0n) is 11.2. The molecule has 5 nitrogen and oxygen atoms in total. The summed E-state index contributed by atoms with van der Waals surface area (Å²) in [5.41, 5.74) is 2.29. The molecule has 0 radical (unpaired) electrons. The molecule has 0 atom stereocenters. The number of halogens is 1. The number of rotatable bonds is 3. The Bertz CT molecular complexity index is 828. The standard InChI is InChI=1S/C15H11ClN4O/c1-20-9-11(8-17)6-13(20)15-18-14(19-21-15)7-10-3-2-4-12(16)5-10/h2-6,9H,7H2,1H3. The van der Waals surface area contributed by atoms with E-state index in [4.69, 9.17) is 21.4 Å². The van der Waals surface area contributed by atoms with E-state index in [-0.39, 0.29) is 0 Å². The smallest absolute Gasteiger partial charge is 0.274 e. The number of aryl methyl sites for hydroxylation is 1. The van der Waals surface area contributed by atoms with Gasteiger partial charge in [0.1, 0.15) is 11.8 Å². The van der Waals surface area contributed by atoms with Crippen molar-refractivity contribution in [1.82, 2.24) is 14.7 Å². The highest BCUT2D eigenvalue weighted by atomic mass is 35.5. The summed E-state index contributed by atoms with van der Waals surface area (Å²) in [7, 11) is 1.83. The maximum Gasteiger partial charge on any atom is 0.274 e. The first kappa shape index (κ1) is 13.4. The Morgan fingerprint density at radius 1 is 1.38 bits per heavy atom. The summed E-state index contributed by atoms with van der Waals surface area (Å²) in [5, 5.41) is 13.6. The average molecular weight is 299 g/mol. The average Bonchev–Trinajstić information content (AvgIpc) is 3.05. The van der Waals surface area contributed by atoms with Gasteiger partial charge in [-0.3, -0.25) is 0 Å². The maximum atomic E-state index is 8.91. The van der Waals surface area contributed by atoms with Crippen LogP contribution in [0.5, 0.6) is 0 Å². The predicted molar refractivity (Wildman–Crippen MR) is 77.7 cm³/mol. The summed E-state index contributed by atoms with van der Waals surface area (Å²) in [6.07, 6.45) is 2.26. The summed E-state index contributed by atoms with van der Waals surface area (Å²) in [5.74, 6) is 0.975. The van der Waals surface area contributed by atoms with Crippen LogP contribution < -0.4 is 0 Å². The van der Waals surface area contributed by atoms with Crippen molar-refractivity contribution in [3.63, 3.8) is 0 Å². The van der Waals surface area contributed by atoms with E-state index in [2.05, 4.69) is 16.2 Å². The molecule has 21 heavy (non-hydrogen) atoms. The van der Waals surface area contributed by atoms with Gasteiger partial charge >= 0.3 is 0 Å². The molecule has 0 amide bonds. The van der Waals surface area contributed by atoms with Gasteiger partial charge in [0.05, 0.1) is 5.56 Å². The normalized spacial score (nSPS) is 10.5. The van der Waals surface area contributed by atoms with Crippen molar-refractivity contribution in [2.75, 3.05) is 0 Å². The van der Waals surface area contributed by atoms with E-state index in [1.807, 2.05) is 31.3 Å². The number of aromatic nitrogens is 3. The van der Waals surface area contributed by atoms with Crippen molar-refractivity contribution in [2.45, 2.75) is 6.42 Å². The number of nitrogens with zero attached hydrogens (tertiary/aromatic N) is 4. The minimum Gasteiger partial charge on any atom is -0.345 e. The summed E-state index contributed by atoms with van der Waals surface area (Å²) in [6.45, 7) is 0. The molecule has 0 fully saturated rings. The SMILES string of the molecule is Cn1cc(C#N)cc1-c1nc(Cc2cccc(Cl)c2)no1. The summed E-state index contributed by atoms with van der Waals surface area (Å²) in [6, 6.07) is 11.3. The van der Waals surface area contributed by atoms with E-state index in [0.29, 0.717) is 28.7 Å². The highest BCUT2D eigenvalue weighted by Crippen LogP contribution is 2.20. The topological polar surface area (TPSA) is 67.6 Å². The highest BCUT2D eigenvalue weighted by molar-refractivity contribution is 6.30. The van der Waals surface area contributed by atoms with Crippen LogP contribution in [0.25, 0.3) is 11.6 Å².